The van der Waals surface area contributed by atoms with Crippen molar-refractivity contribution < 1.29 is 18.3 Å². The molecule has 1 amide bonds. The highest BCUT2D eigenvalue weighted by molar-refractivity contribution is 8.00. The summed E-state index contributed by atoms with van der Waals surface area (Å²) >= 11 is 1.44. The minimum absolute atomic E-state index is 0.150. The molecule has 1 saturated carbocycles. The number of rotatable bonds is 6. The molecule has 2 unspecified atom stereocenters. The fourth-order valence-corrected chi connectivity index (χ4v) is 4.59. The molecule has 3 aromatic rings. The van der Waals surface area contributed by atoms with E-state index < -0.39 is 23.5 Å². The summed E-state index contributed by atoms with van der Waals surface area (Å²) in [5, 5.41) is 2.76. The Kier molecular flexibility index (Phi) is 8.99. The first-order valence-corrected chi connectivity index (χ1v) is 13.3. The summed E-state index contributed by atoms with van der Waals surface area (Å²) in [6, 6.07) is 4.83. The maximum absolute atomic E-state index is 13.5. The number of hydrazine groups is 1. The van der Waals surface area contributed by atoms with Crippen molar-refractivity contribution in [3.63, 3.8) is 0 Å². The first-order valence-electron chi connectivity index (χ1n) is 12.3. The molecule has 2 atom stereocenters. The van der Waals surface area contributed by atoms with Crippen LogP contribution in [0.4, 0.5) is 8.78 Å². The Bertz CT molecular complexity index is 1350. The molecule has 0 bridgehead atoms. The van der Waals surface area contributed by atoms with E-state index in [4.69, 9.17) is 4.74 Å². The van der Waals surface area contributed by atoms with Crippen molar-refractivity contribution in [3.05, 3.63) is 54.2 Å². The molecule has 2 fully saturated rings. The lowest BCUT2D eigenvalue weighted by atomic mass is 9.98. The number of aryl methyl sites for hydroxylation is 1. The van der Waals surface area contributed by atoms with Crippen LogP contribution in [0, 0.1) is 17.8 Å². The Morgan fingerprint density at radius 2 is 1.97 bits per heavy atom. The third-order valence-corrected chi connectivity index (χ3v) is 6.79. The lowest BCUT2D eigenvalue weighted by molar-refractivity contribution is 0.0945. The second kappa shape index (κ2) is 12.4. The summed E-state index contributed by atoms with van der Waals surface area (Å²) in [7, 11) is 3.31. The zero-order valence-corrected chi connectivity index (χ0v) is 22.4. The molecule has 0 aromatic carbocycles. The number of hydrogen-bond acceptors (Lipinski definition) is 7. The minimum Gasteiger partial charge on any atom is -0.494 e. The normalized spacial score (nSPS) is 18.3. The summed E-state index contributed by atoms with van der Waals surface area (Å²) in [5.41, 5.74) is 7.59. The van der Waals surface area contributed by atoms with E-state index in [0.717, 1.165) is 18.4 Å². The highest BCUT2D eigenvalue weighted by Gasteiger charge is 2.28. The van der Waals surface area contributed by atoms with Crippen molar-refractivity contribution in [2.45, 2.75) is 44.0 Å². The molecule has 1 aliphatic carbocycles. The molecule has 11 heteroatoms. The average Bonchev–Trinajstić information content (AvgIpc) is 3.50. The molecule has 8 nitrogen and oxygen atoms in total. The Labute approximate surface area is 224 Å². The molecule has 1 saturated heterocycles. The van der Waals surface area contributed by atoms with Gasteiger partial charge in [0.05, 0.1) is 24.6 Å². The number of halogens is 2. The number of nitrogens with zero attached hydrogens (tertiary/aromatic N) is 3. The monoisotopic (exact) mass is 540 g/mol. The summed E-state index contributed by atoms with van der Waals surface area (Å²) in [4.78, 5) is 21.6. The van der Waals surface area contributed by atoms with Gasteiger partial charge in [-0.2, -0.15) is 0 Å². The molecule has 200 valence electrons. The van der Waals surface area contributed by atoms with Gasteiger partial charge in [-0.25, -0.2) is 19.6 Å². The largest absolute Gasteiger partial charge is 0.494 e. The molecule has 2 aliphatic rings. The zero-order valence-electron chi connectivity index (χ0n) is 21.6. The van der Waals surface area contributed by atoms with Crippen LogP contribution in [-0.2, 0) is 7.05 Å². The third-order valence-electron chi connectivity index (χ3n) is 5.77. The summed E-state index contributed by atoms with van der Waals surface area (Å²) in [6.45, 7) is 4.00. The molecule has 3 aromatic heterocycles. The number of amides is 1. The van der Waals surface area contributed by atoms with Crippen molar-refractivity contribution in [1.29, 1.82) is 0 Å². The topological polar surface area (TPSA) is 93.1 Å². The lowest BCUT2D eigenvalue weighted by Gasteiger charge is -2.17. The molecule has 0 radical (unpaired) electrons. The van der Waals surface area contributed by atoms with Crippen molar-refractivity contribution in [2.75, 3.05) is 7.11 Å². The highest BCUT2D eigenvalue weighted by Crippen LogP contribution is 2.36. The van der Waals surface area contributed by atoms with Crippen LogP contribution >= 0.6 is 11.8 Å². The van der Waals surface area contributed by atoms with Crippen LogP contribution in [-0.4, -0.2) is 38.4 Å². The molecule has 3 N–H and O–H groups in total. The molecular weight excluding hydrogens is 510 g/mol. The van der Waals surface area contributed by atoms with E-state index in [-0.39, 0.29) is 16.7 Å². The highest BCUT2D eigenvalue weighted by atomic mass is 32.2. The number of hydrogen-bond donors (Lipinski definition) is 3. The van der Waals surface area contributed by atoms with Gasteiger partial charge in [0.25, 0.3) is 12.3 Å². The van der Waals surface area contributed by atoms with Crippen LogP contribution in [0.25, 0.3) is 22.4 Å². The second-order valence-electron chi connectivity index (χ2n) is 8.51. The van der Waals surface area contributed by atoms with Crippen molar-refractivity contribution in [2.24, 2.45) is 13.0 Å². The van der Waals surface area contributed by atoms with Gasteiger partial charge in [-0.05, 0) is 31.0 Å². The molecule has 0 spiro atoms. The maximum atomic E-state index is 13.5. The van der Waals surface area contributed by atoms with Gasteiger partial charge < -0.3 is 14.6 Å². The number of nitrogens with one attached hydrogen (secondary N) is 3. The number of thioether (sulfide) groups is 1. The number of methoxy groups -OCH3 is 1. The smallest absolute Gasteiger partial charge is 0.280 e. The van der Waals surface area contributed by atoms with Gasteiger partial charge in [-0.15, -0.1) is 0 Å². The van der Waals surface area contributed by atoms with Gasteiger partial charge >= 0.3 is 0 Å². The van der Waals surface area contributed by atoms with Gasteiger partial charge in [0.1, 0.15) is 22.3 Å². The summed E-state index contributed by atoms with van der Waals surface area (Å²) < 4.78 is 34.3. The predicted molar refractivity (Wildman–Crippen MR) is 144 cm³/mol. The van der Waals surface area contributed by atoms with Crippen LogP contribution in [0.2, 0.25) is 0 Å². The van der Waals surface area contributed by atoms with E-state index in [1.54, 1.807) is 6.07 Å². The Hall–Kier alpha value is -3.46. The van der Waals surface area contributed by atoms with Gasteiger partial charge in [-0.3, -0.25) is 14.8 Å². The third kappa shape index (κ3) is 6.51. The van der Waals surface area contributed by atoms with Crippen LogP contribution < -0.4 is 20.9 Å². The van der Waals surface area contributed by atoms with Gasteiger partial charge in [0.15, 0.2) is 0 Å². The molecule has 5 rings (SSSR count). The summed E-state index contributed by atoms with van der Waals surface area (Å²) in [6.07, 6.45) is 5.94. The predicted octanol–water partition coefficient (Wildman–Crippen LogP) is 4.72. The van der Waals surface area contributed by atoms with Crippen LogP contribution in [0.15, 0.2) is 43.0 Å². The van der Waals surface area contributed by atoms with Gasteiger partial charge in [0, 0.05) is 48.2 Å². The zero-order chi connectivity index (χ0) is 27.2. The van der Waals surface area contributed by atoms with E-state index in [1.807, 2.05) is 43.9 Å². The number of alkyl halides is 2. The number of carbonyl (C=O) groups is 1. The number of carbonyl (C=O) groups excluding carboxylic acids is 1. The summed E-state index contributed by atoms with van der Waals surface area (Å²) in [5.74, 6) is 6.70. The van der Waals surface area contributed by atoms with E-state index in [0.29, 0.717) is 22.7 Å². The van der Waals surface area contributed by atoms with Gasteiger partial charge in [-0.1, -0.05) is 37.5 Å². The Morgan fingerprint density at radius 1 is 1.18 bits per heavy atom. The Balaban J connectivity index is 0.00000164. The fourth-order valence-electron chi connectivity index (χ4n) is 3.74. The van der Waals surface area contributed by atoms with Gasteiger partial charge in [0.2, 0.25) is 0 Å². The first-order chi connectivity index (χ1) is 18.4. The Morgan fingerprint density at radius 3 is 2.63 bits per heavy atom. The minimum atomic E-state index is -2.78. The van der Waals surface area contributed by atoms with Crippen LogP contribution in [0.3, 0.4) is 0 Å². The van der Waals surface area contributed by atoms with Crippen LogP contribution in [0.1, 0.15) is 49.2 Å². The molecule has 1 aliphatic heterocycles. The molecular formula is C27H30F2N6O2S. The fraction of sp³-hybridized carbons (Fsp3) is 0.370. The maximum Gasteiger partial charge on any atom is 0.280 e. The SMILES string of the molecule is CC.COc1cnc(C(F)F)cc1-c1cc(-c2ccn(C)c2)ncc1C(=O)NC1NNC(C#CC2CC2)S1. The first kappa shape index (κ1) is 27.6. The molecule has 38 heavy (non-hydrogen) atoms. The van der Waals surface area contributed by atoms with Crippen LogP contribution in [0.5, 0.6) is 5.75 Å². The standard InChI is InChI=1S/C25H24F2N6O2S.C2H6/c1-33-8-7-15(13-33)19-9-16(17-10-20(23(26)27)29-12-21(17)35-2)18(11-28-19)24(34)30-25-32-31-22(36-25)6-5-14-3-4-14;1-2/h7-14,22-23,25,31-32H,3-4H2,1-2H3,(H,30,34);1-2H3. The number of aromatic nitrogens is 3. The van der Waals surface area contributed by atoms with E-state index >= 15 is 0 Å². The molecule has 4 heterocycles. The van der Waals surface area contributed by atoms with E-state index in [9.17, 15) is 13.6 Å². The van der Waals surface area contributed by atoms with Crippen molar-refractivity contribution in [3.8, 4) is 40.0 Å². The number of ether oxygens (including phenoxy) is 1. The quantitative estimate of drug-likeness (QED) is 0.390. The van der Waals surface area contributed by atoms with Crippen molar-refractivity contribution >= 4 is 17.7 Å². The van der Waals surface area contributed by atoms with E-state index in [1.165, 1.54) is 37.3 Å². The van der Waals surface area contributed by atoms with Crippen molar-refractivity contribution in [1.82, 2.24) is 30.7 Å². The number of pyridine rings is 2. The average molecular weight is 541 g/mol. The second-order valence-corrected chi connectivity index (χ2v) is 9.73. The van der Waals surface area contributed by atoms with E-state index in [2.05, 4.69) is 38.0 Å². The lowest BCUT2D eigenvalue weighted by Crippen LogP contribution is -2.43.